The van der Waals surface area contributed by atoms with Crippen molar-refractivity contribution in [3.05, 3.63) is 65.4 Å². The number of aromatic nitrogens is 3. The molecule has 26 heavy (non-hydrogen) atoms. The highest BCUT2D eigenvalue weighted by Gasteiger charge is 2.21. The fraction of sp³-hybridized carbons (Fsp3) is 0.111. The van der Waals surface area contributed by atoms with Gasteiger partial charge in [0, 0.05) is 5.56 Å². The van der Waals surface area contributed by atoms with E-state index >= 15 is 0 Å². The van der Waals surface area contributed by atoms with Crippen LogP contribution in [-0.4, -0.2) is 43.7 Å². The van der Waals surface area contributed by atoms with Gasteiger partial charge in [-0.3, -0.25) is 0 Å². The summed E-state index contributed by atoms with van der Waals surface area (Å²) in [6, 6.07) is 11.8. The molecule has 0 saturated heterocycles. The highest BCUT2D eigenvalue weighted by Crippen LogP contribution is 2.22. The highest BCUT2D eigenvalue weighted by molar-refractivity contribution is 6.04. The first kappa shape index (κ1) is 17.3. The van der Waals surface area contributed by atoms with Crippen LogP contribution in [0.25, 0.3) is 16.9 Å². The molecule has 3 aromatic rings. The van der Waals surface area contributed by atoms with Gasteiger partial charge in [-0.15, -0.1) is 5.10 Å². The number of hydrogen-bond donors (Lipinski definition) is 3. The Morgan fingerprint density at radius 1 is 1.04 bits per heavy atom. The molecule has 4 N–H and O–H groups in total. The first-order valence-electron chi connectivity index (χ1n) is 7.83. The van der Waals surface area contributed by atoms with Crippen LogP contribution in [0.1, 0.15) is 26.3 Å². The van der Waals surface area contributed by atoms with E-state index in [-0.39, 0.29) is 16.8 Å². The third-order valence-electron chi connectivity index (χ3n) is 3.91. The predicted molar refractivity (Wildman–Crippen MR) is 93.5 cm³/mol. The summed E-state index contributed by atoms with van der Waals surface area (Å²) < 4.78 is 1.26. The summed E-state index contributed by atoms with van der Waals surface area (Å²) in [6.45, 7) is 0.563. The van der Waals surface area contributed by atoms with Crippen LogP contribution in [0.15, 0.2) is 48.7 Å². The molecule has 0 fully saturated rings. The van der Waals surface area contributed by atoms with Gasteiger partial charge in [-0.1, -0.05) is 35.5 Å². The summed E-state index contributed by atoms with van der Waals surface area (Å²) >= 11 is 0. The van der Waals surface area contributed by atoms with Crippen molar-refractivity contribution in [1.29, 1.82) is 0 Å². The van der Waals surface area contributed by atoms with E-state index in [1.165, 1.54) is 22.9 Å². The Balaban J connectivity index is 2.01. The summed E-state index contributed by atoms with van der Waals surface area (Å²) in [5.41, 5.74) is 7.48. The molecule has 0 aliphatic heterocycles. The molecule has 0 radical (unpaired) electrons. The van der Waals surface area contributed by atoms with E-state index in [4.69, 9.17) is 5.73 Å². The number of hydrogen-bond acceptors (Lipinski definition) is 5. The zero-order valence-electron chi connectivity index (χ0n) is 13.7. The minimum atomic E-state index is -1.35. The first-order chi connectivity index (χ1) is 12.5. The number of carboxylic acid groups (broad SMARTS) is 2. The van der Waals surface area contributed by atoms with Crippen LogP contribution in [0.3, 0.4) is 0 Å². The van der Waals surface area contributed by atoms with Gasteiger partial charge in [0.2, 0.25) is 0 Å². The molecule has 0 unspecified atom stereocenters. The summed E-state index contributed by atoms with van der Waals surface area (Å²) in [6.07, 6.45) is 2.34. The summed E-state index contributed by atoms with van der Waals surface area (Å²) in [7, 11) is 0. The van der Waals surface area contributed by atoms with Gasteiger partial charge in [0.15, 0.2) is 0 Å². The second kappa shape index (κ2) is 7.16. The predicted octanol–water partition coefficient (Wildman–Crippen LogP) is 1.83. The van der Waals surface area contributed by atoms with Gasteiger partial charge in [0.1, 0.15) is 5.69 Å². The number of benzene rings is 2. The van der Waals surface area contributed by atoms with Crippen LogP contribution in [0, 0.1) is 0 Å². The largest absolute Gasteiger partial charge is 0.478 e. The molecule has 0 bridgehead atoms. The molecule has 1 aromatic heterocycles. The second-order valence-corrected chi connectivity index (χ2v) is 5.59. The molecule has 0 amide bonds. The van der Waals surface area contributed by atoms with Crippen LogP contribution in [0.5, 0.6) is 0 Å². The first-order valence-corrected chi connectivity index (χ1v) is 7.83. The Morgan fingerprint density at radius 2 is 1.77 bits per heavy atom. The maximum Gasteiger partial charge on any atom is 0.338 e. The van der Waals surface area contributed by atoms with E-state index < -0.39 is 11.9 Å². The lowest BCUT2D eigenvalue weighted by Crippen LogP contribution is -2.13. The summed E-state index contributed by atoms with van der Waals surface area (Å²) in [4.78, 5) is 22.9. The fourth-order valence-corrected chi connectivity index (χ4v) is 2.66. The monoisotopic (exact) mass is 352 g/mol. The fourth-order valence-electron chi connectivity index (χ4n) is 2.66. The number of carboxylic acids is 2. The highest BCUT2D eigenvalue weighted by atomic mass is 16.4. The average Bonchev–Trinajstić information content (AvgIpc) is 3.12. The smallest absolute Gasteiger partial charge is 0.338 e. The third kappa shape index (κ3) is 3.31. The van der Waals surface area contributed by atoms with Crippen molar-refractivity contribution in [2.75, 3.05) is 6.54 Å². The Bertz CT molecular complexity index is 964. The molecular formula is C18H16N4O4. The standard InChI is InChI=1S/C18H16N4O4/c19-9-8-11-4-6-12(7-5-11)14-10-22(21-20-14)15-3-1-2-13(17(23)24)16(15)18(25)26/h1-7,10H,8-9,19H2,(H,23,24)(H,25,26). The minimum absolute atomic E-state index is 0.135. The molecule has 0 aliphatic rings. The number of nitrogens with two attached hydrogens (primary N) is 1. The molecular weight excluding hydrogens is 336 g/mol. The summed E-state index contributed by atoms with van der Waals surface area (Å²) in [5, 5.41) is 26.7. The molecule has 8 heteroatoms. The molecule has 0 saturated carbocycles. The van der Waals surface area contributed by atoms with E-state index in [0.29, 0.717) is 12.2 Å². The van der Waals surface area contributed by atoms with Gasteiger partial charge in [-0.2, -0.15) is 0 Å². The van der Waals surface area contributed by atoms with Crippen LogP contribution in [-0.2, 0) is 6.42 Å². The van der Waals surface area contributed by atoms with Gasteiger partial charge in [-0.25, -0.2) is 14.3 Å². The van der Waals surface area contributed by atoms with Crippen molar-refractivity contribution >= 4 is 11.9 Å². The number of aromatic carboxylic acids is 2. The van der Waals surface area contributed by atoms with Crippen molar-refractivity contribution in [1.82, 2.24) is 15.0 Å². The van der Waals surface area contributed by atoms with Crippen LogP contribution < -0.4 is 5.73 Å². The molecule has 3 rings (SSSR count). The lowest BCUT2D eigenvalue weighted by molar-refractivity contribution is 0.0651. The quantitative estimate of drug-likeness (QED) is 0.616. The van der Waals surface area contributed by atoms with Crippen molar-refractivity contribution < 1.29 is 19.8 Å². The molecule has 8 nitrogen and oxygen atoms in total. The topological polar surface area (TPSA) is 131 Å². The SMILES string of the molecule is NCCc1ccc(-c2cn(-c3cccc(C(=O)O)c3C(=O)O)nn2)cc1. The van der Waals surface area contributed by atoms with Crippen molar-refractivity contribution in [2.24, 2.45) is 5.73 Å². The Kier molecular flexibility index (Phi) is 4.76. The maximum absolute atomic E-state index is 11.6. The zero-order valence-corrected chi connectivity index (χ0v) is 13.7. The molecule has 1 heterocycles. The van der Waals surface area contributed by atoms with Crippen molar-refractivity contribution in [3.8, 4) is 16.9 Å². The minimum Gasteiger partial charge on any atom is -0.478 e. The number of nitrogens with zero attached hydrogens (tertiary/aromatic N) is 3. The van der Waals surface area contributed by atoms with Gasteiger partial charge in [-0.05, 0) is 30.7 Å². The van der Waals surface area contributed by atoms with Gasteiger partial charge >= 0.3 is 11.9 Å². The van der Waals surface area contributed by atoms with E-state index in [0.717, 1.165) is 17.5 Å². The van der Waals surface area contributed by atoms with Crippen LogP contribution in [0.4, 0.5) is 0 Å². The average molecular weight is 352 g/mol. The maximum atomic E-state index is 11.6. The van der Waals surface area contributed by atoms with Crippen LogP contribution >= 0.6 is 0 Å². The van der Waals surface area contributed by atoms with Gasteiger partial charge in [0.25, 0.3) is 0 Å². The molecule has 132 valence electrons. The molecule has 2 aromatic carbocycles. The molecule has 0 spiro atoms. The van der Waals surface area contributed by atoms with E-state index in [9.17, 15) is 19.8 Å². The van der Waals surface area contributed by atoms with E-state index in [1.54, 1.807) is 6.20 Å². The van der Waals surface area contributed by atoms with Gasteiger partial charge in [0.05, 0.1) is 23.0 Å². The Hall–Kier alpha value is -3.52. The van der Waals surface area contributed by atoms with Crippen molar-refractivity contribution in [2.45, 2.75) is 6.42 Å². The summed E-state index contributed by atoms with van der Waals surface area (Å²) in [5.74, 6) is -2.67. The number of rotatable bonds is 6. The molecule has 0 aliphatic carbocycles. The Morgan fingerprint density at radius 3 is 2.38 bits per heavy atom. The second-order valence-electron chi connectivity index (χ2n) is 5.59. The van der Waals surface area contributed by atoms with Crippen LogP contribution in [0.2, 0.25) is 0 Å². The van der Waals surface area contributed by atoms with Crippen molar-refractivity contribution in [3.63, 3.8) is 0 Å². The number of carbonyl (C=O) groups is 2. The third-order valence-corrected chi connectivity index (χ3v) is 3.91. The lowest BCUT2D eigenvalue weighted by atomic mass is 10.1. The lowest BCUT2D eigenvalue weighted by Gasteiger charge is -2.08. The Labute approximate surface area is 148 Å². The zero-order chi connectivity index (χ0) is 18.7. The normalized spacial score (nSPS) is 10.7. The van der Waals surface area contributed by atoms with E-state index in [2.05, 4.69) is 10.3 Å². The van der Waals surface area contributed by atoms with Gasteiger partial charge < -0.3 is 15.9 Å². The van der Waals surface area contributed by atoms with E-state index in [1.807, 2.05) is 24.3 Å². The molecule has 0 atom stereocenters.